The Hall–Kier alpha value is -2.04. The molecule has 0 amide bonds. The van der Waals surface area contributed by atoms with Crippen molar-refractivity contribution in [2.45, 2.75) is 32.9 Å². The van der Waals surface area contributed by atoms with Crippen molar-refractivity contribution in [1.82, 2.24) is 5.32 Å². The summed E-state index contributed by atoms with van der Waals surface area (Å²) in [6.45, 7) is 5.99. The zero-order valence-corrected chi connectivity index (χ0v) is 14.0. The lowest BCUT2D eigenvalue weighted by molar-refractivity contribution is 0.233. The van der Waals surface area contributed by atoms with Gasteiger partial charge in [0.05, 0.1) is 6.61 Å². The smallest absolute Gasteiger partial charge is 0.119 e. The maximum Gasteiger partial charge on any atom is 0.119 e. The van der Waals surface area contributed by atoms with Crippen LogP contribution < -0.4 is 15.8 Å². The summed E-state index contributed by atoms with van der Waals surface area (Å²) in [5.41, 5.74) is 7.56. The third-order valence-corrected chi connectivity index (χ3v) is 3.01. The highest BCUT2D eigenvalue weighted by molar-refractivity contribution is 5.41. The molecule has 0 spiro atoms. The SMILES string of the molecule is CC(C)NCc1ccccc1.Nc1ccc(OCCCO)cc1. The number of ether oxygens (including phenoxy) is 1. The number of rotatable bonds is 7. The Morgan fingerprint density at radius 3 is 2.26 bits per heavy atom. The van der Waals surface area contributed by atoms with Crippen LogP contribution in [0.5, 0.6) is 5.75 Å². The summed E-state index contributed by atoms with van der Waals surface area (Å²) in [5, 5.41) is 11.9. The molecule has 0 aliphatic rings. The minimum absolute atomic E-state index is 0.162. The second kappa shape index (κ2) is 11.5. The van der Waals surface area contributed by atoms with Crippen LogP contribution in [0.3, 0.4) is 0 Å². The van der Waals surface area contributed by atoms with Crippen molar-refractivity contribution in [2.24, 2.45) is 0 Å². The molecule has 0 fully saturated rings. The first kappa shape index (κ1) is 19.0. The molecule has 0 saturated carbocycles. The maximum atomic E-state index is 8.49. The van der Waals surface area contributed by atoms with Crippen LogP contribution in [0, 0.1) is 0 Å². The first-order valence-electron chi connectivity index (χ1n) is 7.98. The van der Waals surface area contributed by atoms with Crippen LogP contribution in [0.15, 0.2) is 54.6 Å². The summed E-state index contributed by atoms with van der Waals surface area (Å²) in [6.07, 6.45) is 0.657. The zero-order chi connectivity index (χ0) is 16.9. The van der Waals surface area contributed by atoms with Crippen molar-refractivity contribution < 1.29 is 9.84 Å². The van der Waals surface area contributed by atoms with Crippen molar-refractivity contribution in [1.29, 1.82) is 0 Å². The van der Waals surface area contributed by atoms with Gasteiger partial charge in [-0.05, 0) is 29.8 Å². The number of hydrogen-bond acceptors (Lipinski definition) is 4. The second-order valence-corrected chi connectivity index (χ2v) is 5.52. The van der Waals surface area contributed by atoms with Gasteiger partial charge in [-0.1, -0.05) is 44.2 Å². The lowest BCUT2D eigenvalue weighted by atomic mass is 10.2. The molecule has 2 aromatic carbocycles. The van der Waals surface area contributed by atoms with Gasteiger partial charge >= 0.3 is 0 Å². The molecule has 0 atom stereocenters. The molecule has 0 unspecified atom stereocenters. The molecule has 4 N–H and O–H groups in total. The molecule has 0 aliphatic heterocycles. The molecule has 23 heavy (non-hydrogen) atoms. The molecule has 0 bridgehead atoms. The Bertz CT molecular complexity index is 513. The largest absolute Gasteiger partial charge is 0.494 e. The van der Waals surface area contributed by atoms with E-state index in [9.17, 15) is 0 Å². The summed E-state index contributed by atoms with van der Waals surface area (Å²) in [7, 11) is 0. The number of aliphatic hydroxyl groups excluding tert-OH is 1. The average Bonchev–Trinajstić information content (AvgIpc) is 2.57. The van der Waals surface area contributed by atoms with Gasteiger partial charge in [0.2, 0.25) is 0 Å². The Morgan fingerprint density at radius 1 is 1.04 bits per heavy atom. The third kappa shape index (κ3) is 9.55. The van der Waals surface area contributed by atoms with Crippen molar-refractivity contribution in [3.8, 4) is 5.75 Å². The van der Waals surface area contributed by atoms with E-state index in [4.69, 9.17) is 15.6 Å². The summed E-state index contributed by atoms with van der Waals surface area (Å²) >= 11 is 0. The normalized spacial score (nSPS) is 10.1. The Morgan fingerprint density at radius 2 is 1.70 bits per heavy atom. The second-order valence-electron chi connectivity index (χ2n) is 5.52. The fourth-order valence-corrected chi connectivity index (χ4v) is 1.74. The van der Waals surface area contributed by atoms with Gasteiger partial charge in [0.1, 0.15) is 5.75 Å². The van der Waals surface area contributed by atoms with E-state index >= 15 is 0 Å². The molecule has 0 aliphatic carbocycles. The zero-order valence-electron chi connectivity index (χ0n) is 14.0. The first-order chi connectivity index (χ1) is 11.1. The molecule has 0 heterocycles. The molecule has 0 aromatic heterocycles. The fraction of sp³-hybridized carbons (Fsp3) is 0.368. The van der Waals surface area contributed by atoms with E-state index in [1.165, 1.54) is 5.56 Å². The summed E-state index contributed by atoms with van der Waals surface area (Å²) in [4.78, 5) is 0. The van der Waals surface area contributed by atoms with E-state index < -0.39 is 0 Å². The molecule has 2 rings (SSSR count). The van der Waals surface area contributed by atoms with Gasteiger partial charge in [0.15, 0.2) is 0 Å². The van der Waals surface area contributed by atoms with Crippen LogP contribution >= 0.6 is 0 Å². The van der Waals surface area contributed by atoms with Gasteiger partial charge in [-0.25, -0.2) is 0 Å². The van der Waals surface area contributed by atoms with Gasteiger partial charge in [0.25, 0.3) is 0 Å². The number of aliphatic hydroxyl groups is 1. The molecule has 0 radical (unpaired) electrons. The first-order valence-corrected chi connectivity index (χ1v) is 7.98. The summed E-state index contributed by atoms with van der Waals surface area (Å²) in [6, 6.07) is 18.2. The van der Waals surface area contributed by atoms with Crippen molar-refractivity contribution in [2.75, 3.05) is 18.9 Å². The molecule has 2 aromatic rings. The van der Waals surface area contributed by atoms with Gasteiger partial charge in [-0.15, -0.1) is 0 Å². The minimum Gasteiger partial charge on any atom is -0.494 e. The minimum atomic E-state index is 0.162. The van der Waals surface area contributed by atoms with E-state index in [0.29, 0.717) is 19.1 Å². The van der Waals surface area contributed by atoms with E-state index in [-0.39, 0.29) is 6.61 Å². The van der Waals surface area contributed by atoms with Crippen LogP contribution in [0.4, 0.5) is 5.69 Å². The maximum absolute atomic E-state index is 8.49. The predicted molar refractivity (Wildman–Crippen MR) is 96.5 cm³/mol. The Labute approximate surface area is 139 Å². The van der Waals surface area contributed by atoms with Crippen molar-refractivity contribution in [3.63, 3.8) is 0 Å². The van der Waals surface area contributed by atoms with Crippen molar-refractivity contribution in [3.05, 3.63) is 60.2 Å². The van der Waals surface area contributed by atoms with Crippen LogP contribution in [0.2, 0.25) is 0 Å². The standard InChI is InChI=1S/C10H15N.C9H13NO2/c1-9(2)11-8-10-6-4-3-5-7-10;10-8-2-4-9(5-3-8)12-7-1-6-11/h3-7,9,11H,8H2,1-2H3;2-5,11H,1,6-7,10H2. The quantitative estimate of drug-likeness (QED) is 0.542. The predicted octanol–water partition coefficient (Wildman–Crippen LogP) is 3.21. The molecular weight excluding hydrogens is 288 g/mol. The summed E-state index contributed by atoms with van der Waals surface area (Å²) in [5.74, 6) is 0.789. The summed E-state index contributed by atoms with van der Waals surface area (Å²) < 4.78 is 5.29. The van der Waals surface area contributed by atoms with Crippen LogP contribution in [-0.4, -0.2) is 24.4 Å². The Balaban J connectivity index is 0.000000231. The number of nitrogens with two attached hydrogens (primary N) is 1. The number of nitrogen functional groups attached to an aromatic ring is 1. The fourth-order valence-electron chi connectivity index (χ4n) is 1.74. The lowest BCUT2D eigenvalue weighted by Crippen LogP contribution is -2.21. The van der Waals surface area contributed by atoms with E-state index in [0.717, 1.165) is 18.0 Å². The van der Waals surface area contributed by atoms with E-state index in [1.807, 2.05) is 18.2 Å². The van der Waals surface area contributed by atoms with Crippen molar-refractivity contribution >= 4 is 5.69 Å². The number of benzene rings is 2. The average molecular weight is 316 g/mol. The van der Waals surface area contributed by atoms with E-state index in [1.54, 1.807) is 12.1 Å². The van der Waals surface area contributed by atoms with Gasteiger partial charge < -0.3 is 20.9 Å². The van der Waals surface area contributed by atoms with Crippen LogP contribution in [-0.2, 0) is 6.54 Å². The van der Waals surface area contributed by atoms with Crippen LogP contribution in [0.1, 0.15) is 25.8 Å². The number of hydrogen-bond donors (Lipinski definition) is 3. The lowest BCUT2D eigenvalue weighted by Gasteiger charge is -2.06. The highest BCUT2D eigenvalue weighted by Gasteiger charge is 1.92. The van der Waals surface area contributed by atoms with Crippen LogP contribution in [0.25, 0.3) is 0 Å². The molecular formula is C19H28N2O2. The highest BCUT2D eigenvalue weighted by Crippen LogP contribution is 2.12. The topological polar surface area (TPSA) is 67.5 Å². The third-order valence-electron chi connectivity index (χ3n) is 3.01. The number of anilines is 1. The number of nitrogens with one attached hydrogen (secondary N) is 1. The molecule has 126 valence electrons. The molecule has 4 heteroatoms. The van der Waals surface area contributed by atoms with Gasteiger partial charge in [-0.3, -0.25) is 0 Å². The molecule has 4 nitrogen and oxygen atoms in total. The van der Waals surface area contributed by atoms with Gasteiger partial charge in [-0.2, -0.15) is 0 Å². The monoisotopic (exact) mass is 316 g/mol. The van der Waals surface area contributed by atoms with E-state index in [2.05, 4.69) is 43.4 Å². The van der Waals surface area contributed by atoms with Gasteiger partial charge in [0, 0.05) is 31.3 Å². The Kier molecular flexibility index (Phi) is 9.52. The highest BCUT2D eigenvalue weighted by atomic mass is 16.5. The molecule has 0 saturated heterocycles.